The molecule has 160 valence electrons. The molecule has 1 aliphatic rings. The van der Waals surface area contributed by atoms with Crippen molar-refractivity contribution >= 4 is 28.5 Å². The van der Waals surface area contributed by atoms with E-state index in [-0.39, 0.29) is 17.1 Å². The second-order valence-corrected chi connectivity index (χ2v) is 9.82. The summed E-state index contributed by atoms with van der Waals surface area (Å²) < 4.78 is 10.5. The first-order valence-corrected chi connectivity index (χ1v) is 11.3. The monoisotopic (exact) mass is 442 g/mol. The van der Waals surface area contributed by atoms with E-state index in [0.717, 1.165) is 10.5 Å². The van der Waals surface area contributed by atoms with E-state index in [2.05, 4.69) is 6.92 Å². The number of rotatable bonds is 5. The molecule has 0 radical (unpaired) electrons. The Labute approximate surface area is 190 Å². The Morgan fingerprint density at radius 1 is 1.03 bits per heavy atom. The lowest BCUT2D eigenvalue weighted by Gasteiger charge is -2.30. The number of para-hydroxylation sites is 1. The zero-order valence-corrected chi connectivity index (χ0v) is 18.6. The predicted molar refractivity (Wildman–Crippen MR) is 127 cm³/mol. The van der Waals surface area contributed by atoms with Crippen molar-refractivity contribution in [3.8, 4) is 5.75 Å². The molecule has 0 spiro atoms. The van der Waals surface area contributed by atoms with Crippen LogP contribution in [0.4, 0.5) is 0 Å². The molecule has 3 aromatic carbocycles. The molecule has 4 nitrogen and oxygen atoms in total. The highest BCUT2D eigenvalue weighted by Gasteiger charge is 2.48. The Morgan fingerprint density at radius 2 is 1.75 bits per heavy atom. The number of hydrogen-bond donors (Lipinski definition) is 0. The van der Waals surface area contributed by atoms with Crippen molar-refractivity contribution in [1.82, 2.24) is 0 Å². The van der Waals surface area contributed by atoms with E-state index in [9.17, 15) is 9.59 Å². The molecular formula is C27H22O4S. The Bertz CT molecular complexity index is 1370. The first-order valence-electron chi connectivity index (χ1n) is 10.5. The van der Waals surface area contributed by atoms with Crippen molar-refractivity contribution in [2.45, 2.75) is 28.9 Å². The van der Waals surface area contributed by atoms with Gasteiger partial charge in [-0.1, -0.05) is 30.3 Å². The van der Waals surface area contributed by atoms with Crippen molar-refractivity contribution in [1.29, 1.82) is 0 Å². The predicted octanol–water partition coefficient (Wildman–Crippen LogP) is 5.88. The molecule has 2 unspecified atom stereocenters. The maximum Gasteiger partial charge on any atom is 0.195 e. The molecule has 1 aromatic heterocycles. The fourth-order valence-electron chi connectivity index (χ4n) is 4.55. The highest BCUT2D eigenvalue weighted by atomic mass is 32.2. The van der Waals surface area contributed by atoms with Crippen molar-refractivity contribution < 1.29 is 13.9 Å². The number of methoxy groups -OCH3 is 1. The summed E-state index contributed by atoms with van der Waals surface area (Å²) in [6.45, 7) is 2.07. The molecule has 4 aromatic rings. The van der Waals surface area contributed by atoms with Gasteiger partial charge >= 0.3 is 0 Å². The zero-order valence-electron chi connectivity index (χ0n) is 17.8. The Balaban J connectivity index is 1.57. The van der Waals surface area contributed by atoms with Crippen LogP contribution in [0, 0.1) is 0 Å². The topological polar surface area (TPSA) is 56.5 Å². The van der Waals surface area contributed by atoms with E-state index >= 15 is 0 Å². The largest absolute Gasteiger partial charge is 0.497 e. The normalized spacial score (nSPS) is 19.6. The van der Waals surface area contributed by atoms with Gasteiger partial charge in [-0.15, -0.1) is 11.8 Å². The zero-order chi connectivity index (χ0) is 22.3. The van der Waals surface area contributed by atoms with Gasteiger partial charge in [0.15, 0.2) is 11.2 Å². The molecular weight excluding hydrogens is 420 g/mol. The fourth-order valence-corrected chi connectivity index (χ4v) is 6.08. The number of fused-ring (bicyclic) bond motifs is 2. The van der Waals surface area contributed by atoms with E-state index in [1.807, 2.05) is 36.4 Å². The summed E-state index contributed by atoms with van der Waals surface area (Å²) in [6, 6.07) is 22.5. The number of carbonyl (C=O) groups is 1. The number of carbonyl (C=O) groups excluding carboxylic acids is 1. The lowest BCUT2D eigenvalue weighted by atomic mass is 9.78. The molecule has 0 aliphatic carbocycles. The van der Waals surface area contributed by atoms with Gasteiger partial charge in [-0.05, 0) is 61.4 Å². The highest BCUT2D eigenvalue weighted by molar-refractivity contribution is 8.01. The minimum absolute atomic E-state index is 0.0396. The van der Waals surface area contributed by atoms with Gasteiger partial charge in [-0.2, -0.15) is 0 Å². The number of hydrogen-bond acceptors (Lipinski definition) is 5. The minimum Gasteiger partial charge on any atom is -0.497 e. The van der Waals surface area contributed by atoms with Crippen LogP contribution in [0.3, 0.4) is 0 Å². The summed E-state index contributed by atoms with van der Waals surface area (Å²) in [7, 11) is 1.60. The van der Waals surface area contributed by atoms with E-state index in [1.54, 1.807) is 61.5 Å². The van der Waals surface area contributed by atoms with Crippen molar-refractivity contribution in [2.24, 2.45) is 0 Å². The fraction of sp³-hybridized carbons (Fsp3) is 0.185. The average Bonchev–Trinajstić information content (AvgIpc) is 3.12. The molecule has 5 heteroatoms. The van der Waals surface area contributed by atoms with Crippen LogP contribution in [0.1, 0.15) is 34.3 Å². The van der Waals surface area contributed by atoms with Crippen molar-refractivity contribution in [3.05, 3.63) is 106 Å². The molecule has 0 amide bonds. The molecule has 0 N–H and O–H groups in total. The summed E-state index contributed by atoms with van der Waals surface area (Å²) in [4.78, 5) is 28.0. The van der Waals surface area contributed by atoms with Gasteiger partial charge in [0, 0.05) is 20.8 Å². The quantitative estimate of drug-likeness (QED) is 0.362. The van der Waals surface area contributed by atoms with Gasteiger partial charge < -0.3 is 9.15 Å². The van der Waals surface area contributed by atoms with Gasteiger partial charge in [0.2, 0.25) is 0 Å². The van der Waals surface area contributed by atoms with E-state index in [4.69, 9.17) is 9.15 Å². The molecule has 0 saturated heterocycles. The maximum absolute atomic E-state index is 13.8. The number of Topliss-reactive ketones (excluding diaryl/α,β-unsaturated/α-hetero) is 1. The maximum atomic E-state index is 13.8. The van der Waals surface area contributed by atoms with E-state index in [1.165, 1.54) is 0 Å². The number of ether oxygens (including phenoxy) is 1. The molecule has 0 bridgehead atoms. The Morgan fingerprint density at radius 3 is 2.53 bits per heavy atom. The molecule has 5 rings (SSSR count). The lowest BCUT2D eigenvalue weighted by molar-refractivity contribution is 0.0944. The van der Waals surface area contributed by atoms with Crippen LogP contribution in [-0.2, 0) is 6.42 Å². The van der Waals surface area contributed by atoms with Crippen LogP contribution in [-0.4, -0.2) is 17.6 Å². The van der Waals surface area contributed by atoms with Gasteiger partial charge in [0.1, 0.15) is 11.3 Å². The minimum atomic E-state index is -0.530. The lowest BCUT2D eigenvalue weighted by Crippen LogP contribution is -2.35. The smallest absolute Gasteiger partial charge is 0.195 e. The number of thioether (sulfide) groups is 1. The summed E-state index contributed by atoms with van der Waals surface area (Å²) >= 11 is 1.66. The molecule has 1 aliphatic heterocycles. The van der Waals surface area contributed by atoms with Crippen LogP contribution in [0.5, 0.6) is 5.75 Å². The van der Waals surface area contributed by atoms with Crippen molar-refractivity contribution in [3.63, 3.8) is 0 Å². The number of benzene rings is 3. The van der Waals surface area contributed by atoms with Crippen LogP contribution in [0.2, 0.25) is 0 Å². The Hall–Kier alpha value is -3.31. The van der Waals surface area contributed by atoms with E-state index < -0.39 is 4.75 Å². The average molecular weight is 443 g/mol. The van der Waals surface area contributed by atoms with Crippen LogP contribution in [0.25, 0.3) is 11.0 Å². The highest BCUT2D eigenvalue weighted by Crippen LogP contribution is 2.55. The second-order valence-electron chi connectivity index (χ2n) is 8.24. The molecule has 2 atom stereocenters. The first-order chi connectivity index (χ1) is 15.5. The second kappa shape index (κ2) is 7.99. The third-order valence-corrected chi connectivity index (χ3v) is 7.55. The Kier molecular flexibility index (Phi) is 5.14. The summed E-state index contributed by atoms with van der Waals surface area (Å²) in [6.07, 6.45) is 1.97. The van der Waals surface area contributed by atoms with Gasteiger partial charge in [-0.25, -0.2) is 0 Å². The summed E-state index contributed by atoms with van der Waals surface area (Å²) in [5, 5.41) is 0.562. The third-order valence-electron chi connectivity index (χ3n) is 6.11. The van der Waals surface area contributed by atoms with E-state index in [0.29, 0.717) is 34.3 Å². The van der Waals surface area contributed by atoms with Gasteiger partial charge in [0.25, 0.3) is 0 Å². The van der Waals surface area contributed by atoms with Crippen LogP contribution >= 0.6 is 11.8 Å². The van der Waals surface area contributed by atoms with Crippen LogP contribution in [0.15, 0.2) is 93.2 Å². The standard InChI is InChI=1S/C27H22O4S/c1-27(15-18-16-31-22-9-5-3-7-20(22)25(18)28)24(21-8-4-6-10-23(21)32-27)26(29)17-11-13-19(30-2)14-12-17/h3-14,16,24H,15H2,1-2H3. The molecule has 0 fully saturated rings. The first kappa shape index (κ1) is 20.6. The van der Waals surface area contributed by atoms with Gasteiger partial charge in [0.05, 0.1) is 24.7 Å². The summed E-state index contributed by atoms with van der Waals surface area (Å²) in [5.74, 6) is 0.361. The number of ketones is 1. The molecule has 2 heterocycles. The van der Waals surface area contributed by atoms with Crippen molar-refractivity contribution in [2.75, 3.05) is 7.11 Å². The molecule has 0 saturated carbocycles. The molecule has 32 heavy (non-hydrogen) atoms. The SMILES string of the molecule is COc1ccc(C(=O)C2c3ccccc3SC2(C)Cc2coc3ccccc3c2=O)cc1. The van der Waals surface area contributed by atoms with Crippen LogP contribution < -0.4 is 10.2 Å². The third kappa shape index (κ3) is 3.43. The summed E-state index contributed by atoms with van der Waals surface area (Å²) in [5.41, 5.74) is 2.75. The van der Waals surface area contributed by atoms with Gasteiger partial charge in [-0.3, -0.25) is 9.59 Å².